The van der Waals surface area contributed by atoms with Crippen LogP contribution in [0.2, 0.25) is 0 Å². The first-order chi connectivity index (χ1) is 13.8. The van der Waals surface area contributed by atoms with Gasteiger partial charge in [-0.2, -0.15) is 5.10 Å². The summed E-state index contributed by atoms with van der Waals surface area (Å²) in [7, 11) is 0. The lowest BCUT2D eigenvalue weighted by atomic mass is 9.79. The van der Waals surface area contributed by atoms with E-state index >= 15 is 0 Å². The van der Waals surface area contributed by atoms with E-state index in [0.29, 0.717) is 6.04 Å². The molecule has 0 saturated carbocycles. The van der Waals surface area contributed by atoms with Crippen LogP contribution in [0.15, 0.2) is 61.1 Å². The molecule has 0 atom stereocenters. The summed E-state index contributed by atoms with van der Waals surface area (Å²) in [6.07, 6.45) is 8.03. The average molecular weight is 390 g/mol. The Morgan fingerprint density at radius 3 is 2.41 bits per heavy atom. The number of nitrogens with one attached hydrogen (secondary N) is 2. The van der Waals surface area contributed by atoms with Crippen molar-refractivity contribution in [2.75, 3.05) is 0 Å². The van der Waals surface area contributed by atoms with Gasteiger partial charge in [0.2, 0.25) is 0 Å². The molecule has 152 valence electrons. The van der Waals surface area contributed by atoms with Gasteiger partial charge in [0, 0.05) is 53.4 Å². The monoisotopic (exact) mass is 389 g/mol. The van der Waals surface area contributed by atoms with E-state index in [2.05, 4.69) is 67.7 Å². The number of rotatable bonds is 5. The first-order valence-electron chi connectivity index (χ1n) is 10.4. The lowest BCUT2D eigenvalue weighted by Gasteiger charge is -2.46. The van der Waals surface area contributed by atoms with Gasteiger partial charge in [-0.25, -0.2) is 4.68 Å². The Labute approximate surface area is 173 Å². The number of para-hydroxylation sites is 1. The number of aromatic nitrogens is 3. The van der Waals surface area contributed by atoms with Crippen molar-refractivity contribution in [3.63, 3.8) is 0 Å². The molecule has 0 radical (unpaired) electrons. The highest BCUT2D eigenvalue weighted by Gasteiger charge is 2.37. The van der Waals surface area contributed by atoms with Gasteiger partial charge in [-0.05, 0) is 64.8 Å². The number of benzene rings is 1. The second kappa shape index (κ2) is 7.73. The summed E-state index contributed by atoms with van der Waals surface area (Å²) in [5.74, 6) is 0. The zero-order valence-electron chi connectivity index (χ0n) is 17.8. The quantitative estimate of drug-likeness (QED) is 0.682. The van der Waals surface area contributed by atoms with Crippen LogP contribution < -0.4 is 10.6 Å². The van der Waals surface area contributed by atoms with Gasteiger partial charge < -0.3 is 10.6 Å². The molecule has 5 nitrogen and oxygen atoms in total. The van der Waals surface area contributed by atoms with Crippen molar-refractivity contribution in [3.05, 3.63) is 66.6 Å². The van der Waals surface area contributed by atoms with Crippen LogP contribution in [0.3, 0.4) is 0 Å². The van der Waals surface area contributed by atoms with Crippen LogP contribution in [0.25, 0.3) is 16.9 Å². The van der Waals surface area contributed by atoms with Crippen LogP contribution in [0.4, 0.5) is 0 Å². The third-order valence-electron chi connectivity index (χ3n) is 5.52. The minimum atomic E-state index is 0.125. The van der Waals surface area contributed by atoms with Crippen molar-refractivity contribution in [1.29, 1.82) is 0 Å². The molecule has 2 aromatic heterocycles. The van der Waals surface area contributed by atoms with Gasteiger partial charge in [-0.15, -0.1) is 0 Å². The van der Waals surface area contributed by atoms with Gasteiger partial charge in [-0.3, -0.25) is 4.98 Å². The van der Waals surface area contributed by atoms with Gasteiger partial charge in [0.1, 0.15) is 0 Å². The van der Waals surface area contributed by atoms with E-state index in [1.807, 2.05) is 35.1 Å². The highest BCUT2D eigenvalue weighted by atomic mass is 15.3. The zero-order chi connectivity index (χ0) is 20.5. The fourth-order valence-electron chi connectivity index (χ4n) is 4.72. The molecule has 1 saturated heterocycles. The predicted molar refractivity (Wildman–Crippen MR) is 118 cm³/mol. The minimum Gasteiger partial charge on any atom is -0.310 e. The van der Waals surface area contributed by atoms with Gasteiger partial charge in [0.15, 0.2) is 0 Å². The van der Waals surface area contributed by atoms with E-state index in [4.69, 9.17) is 5.10 Å². The Balaban J connectivity index is 1.60. The maximum Gasteiger partial charge on any atom is 0.0988 e. The number of nitrogens with zero attached hydrogens (tertiary/aromatic N) is 3. The molecule has 1 aromatic carbocycles. The Bertz CT molecular complexity index is 928. The van der Waals surface area contributed by atoms with Crippen molar-refractivity contribution in [2.45, 2.75) is 64.2 Å². The molecule has 0 spiro atoms. The molecule has 1 fully saturated rings. The van der Waals surface area contributed by atoms with Gasteiger partial charge in [0.25, 0.3) is 0 Å². The molecule has 1 aliphatic rings. The number of piperidine rings is 1. The van der Waals surface area contributed by atoms with E-state index in [1.165, 1.54) is 5.56 Å². The number of hydrogen-bond donors (Lipinski definition) is 2. The van der Waals surface area contributed by atoms with Crippen LogP contribution in [0, 0.1) is 0 Å². The average Bonchev–Trinajstić information content (AvgIpc) is 3.10. The van der Waals surface area contributed by atoms with Crippen LogP contribution >= 0.6 is 0 Å². The Morgan fingerprint density at radius 1 is 1.03 bits per heavy atom. The SMILES string of the molecule is CC1(C)CC(NCc2cn(-c3ccccc3)nc2-c2cccnc2)CC(C)(C)N1. The first kappa shape index (κ1) is 19.8. The highest BCUT2D eigenvalue weighted by Crippen LogP contribution is 2.29. The first-order valence-corrected chi connectivity index (χ1v) is 10.4. The van der Waals surface area contributed by atoms with Crippen molar-refractivity contribution < 1.29 is 0 Å². The van der Waals surface area contributed by atoms with E-state index in [0.717, 1.165) is 36.3 Å². The molecule has 0 unspecified atom stereocenters. The molecule has 4 rings (SSSR count). The van der Waals surface area contributed by atoms with Crippen molar-refractivity contribution in [1.82, 2.24) is 25.4 Å². The zero-order valence-corrected chi connectivity index (χ0v) is 17.8. The Kier molecular flexibility index (Phi) is 5.28. The molecule has 5 heteroatoms. The smallest absolute Gasteiger partial charge is 0.0988 e. The maximum atomic E-state index is 4.90. The summed E-state index contributed by atoms with van der Waals surface area (Å²) in [4.78, 5) is 4.29. The fourth-order valence-corrected chi connectivity index (χ4v) is 4.72. The Hall–Kier alpha value is -2.50. The highest BCUT2D eigenvalue weighted by molar-refractivity contribution is 5.62. The van der Waals surface area contributed by atoms with Crippen LogP contribution in [0.1, 0.15) is 46.1 Å². The van der Waals surface area contributed by atoms with Crippen LogP contribution in [-0.2, 0) is 6.54 Å². The molecular weight excluding hydrogens is 358 g/mol. The minimum absolute atomic E-state index is 0.125. The third-order valence-corrected chi connectivity index (χ3v) is 5.52. The lowest BCUT2D eigenvalue weighted by molar-refractivity contribution is 0.145. The van der Waals surface area contributed by atoms with E-state index < -0.39 is 0 Å². The summed E-state index contributed by atoms with van der Waals surface area (Å²) in [6, 6.07) is 14.8. The van der Waals surface area contributed by atoms with E-state index in [9.17, 15) is 0 Å². The van der Waals surface area contributed by atoms with Crippen LogP contribution in [0.5, 0.6) is 0 Å². The second-order valence-electron chi connectivity index (χ2n) is 9.40. The van der Waals surface area contributed by atoms with Gasteiger partial charge >= 0.3 is 0 Å². The van der Waals surface area contributed by atoms with Gasteiger partial charge in [-0.1, -0.05) is 18.2 Å². The largest absolute Gasteiger partial charge is 0.310 e. The molecule has 0 amide bonds. The topological polar surface area (TPSA) is 54.8 Å². The van der Waals surface area contributed by atoms with E-state index in [1.54, 1.807) is 6.20 Å². The summed E-state index contributed by atoms with van der Waals surface area (Å²) in [5, 5.41) is 12.5. The summed E-state index contributed by atoms with van der Waals surface area (Å²) >= 11 is 0. The number of pyridine rings is 1. The normalized spacial score (nSPS) is 18.6. The maximum absolute atomic E-state index is 4.90. The van der Waals surface area contributed by atoms with E-state index in [-0.39, 0.29) is 11.1 Å². The summed E-state index contributed by atoms with van der Waals surface area (Å²) in [5.41, 5.74) is 4.54. The predicted octanol–water partition coefficient (Wildman–Crippen LogP) is 4.33. The third kappa shape index (κ3) is 4.74. The lowest BCUT2D eigenvalue weighted by Crippen LogP contribution is -2.61. The molecule has 2 N–H and O–H groups in total. The molecule has 29 heavy (non-hydrogen) atoms. The summed E-state index contributed by atoms with van der Waals surface area (Å²) < 4.78 is 1.97. The van der Waals surface area contributed by atoms with Crippen LogP contribution in [-0.4, -0.2) is 31.9 Å². The van der Waals surface area contributed by atoms with Crippen molar-refractivity contribution in [3.8, 4) is 16.9 Å². The molecule has 3 aromatic rings. The molecular formula is C24H31N5. The number of hydrogen-bond acceptors (Lipinski definition) is 4. The standard InChI is InChI=1S/C24H31N5/c1-23(2)13-20(14-24(3,4)28-23)26-16-19-17-29(21-10-6-5-7-11-21)27-22(19)18-9-8-12-25-15-18/h5-12,15,17,20,26,28H,13-14,16H2,1-4H3. The van der Waals surface area contributed by atoms with Gasteiger partial charge in [0.05, 0.1) is 11.4 Å². The fraction of sp³-hybridized carbons (Fsp3) is 0.417. The molecule has 0 aliphatic carbocycles. The Morgan fingerprint density at radius 2 is 1.76 bits per heavy atom. The molecule has 3 heterocycles. The van der Waals surface area contributed by atoms with Crippen molar-refractivity contribution in [2.24, 2.45) is 0 Å². The molecule has 0 bridgehead atoms. The van der Waals surface area contributed by atoms with Crippen molar-refractivity contribution >= 4 is 0 Å². The molecule has 1 aliphatic heterocycles. The summed E-state index contributed by atoms with van der Waals surface area (Å²) in [6.45, 7) is 9.94. The second-order valence-corrected chi connectivity index (χ2v) is 9.40.